The van der Waals surface area contributed by atoms with Crippen LogP contribution in [-0.2, 0) is 17.9 Å². The molecule has 1 aliphatic carbocycles. The van der Waals surface area contributed by atoms with Crippen molar-refractivity contribution in [3.05, 3.63) is 47.5 Å². The van der Waals surface area contributed by atoms with E-state index in [4.69, 9.17) is 0 Å². The van der Waals surface area contributed by atoms with Crippen LogP contribution in [0.15, 0.2) is 30.3 Å². The van der Waals surface area contributed by atoms with Crippen molar-refractivity contribution in [3.63, 3.8) is 0 Å². The standard InChI is InChI=1S/C19H24N4O/c1-14-19(24)22(12-15-8-4-2-5-9-15)13-17-20-21-18(23(14)17)16-10-6-3-7-11-16/h2,4-5,8-9,14,16H,3,6-7,10-13H2,1H3/t14-/m1/s1. The molecule has 4 rings (SSSR count). The number of aromatic nitrogens is 3. The second-order valence-electron chi connectivity index (χ2n) is 7.04. The van der Waals surface area contributed by atoms with Gasteiger partial charge in [0.2, 0.25) is 5.91 Å². The van der Waals surface area contributed by atoms with E-state index in [1.807, 2.05) is 30.0 Å². The highest BCUT2D eigenvalue weighted by Gasteiger charge is 2.35. The van der Waals surface area contributed by atoms with Gasteiger partial charge in [0.05, 0.1) is 6.54 Å². The maximum atomic E-state index is 12.9. The van der Waals surface area contributed by atoms with Gasteiger partial charge in [-0.3, -0.25) is 4.79 Å². The van der Waals surface area contributed by atoms with Crippen LogP contribution in [0.3, 0.4) is 0 Å². The lowest BCUT2D eigenvalue weighted by molar-refractivity contribution is -0.137. The van der Waals surface area contributed by atoms with Crippen molar-refractivity contribution in [2.24, 2.45) is 0 Å². The Morgan fingerprint density at radius 2 is 1.83 bits per heavy atom. The summed E-state index contributed by atoms with van der Waals surface area (Å²) in [5, 5.41) is 8.91. The smallest absolute Gasteiger partial charge is 0.246 e. The van der Waals surface area contributed by atoms with Gasteiger partial charge in [0.25, 0.3) is 0 Å². The highest BCUT2D eigenvalue weighted by atomic mass is 16.2. The fourth-order valence-corrected chi connectivity index (χ4v) is 4.07. The largest absolute Gasteiger partial charge is 0.329 e. The summed E-state index contributed by atoms with van der Waals surface area (Å²) in [6.45, 7) is 3.17. The molecule has 1 amide bonds. The van der Waals surface area contributed by atoms with E-state index < -0.39 is 0 Å². The Labute approximate surface area is 142 Å². The van der Waals surface area contributed by atoms with E-state index in [1.165, 1.54) is 32.1 Å². The first kappa shape index (κ1) is 15.4. The van der Waals surface area contributed by atoms with Crippen LogP contribution in [0.1, 0.15) is 68.2 Å². The van der Waals surface area contributed by atoms with Gasteiger partial charge in [-0.05, 0) is 25.3 Å². The summed E-state index contributed by atoms with van der Waals surface area (Å²) in [4.78, 5) is 14.8. The minimum atomic E-state index is -0.204. The highest BCUT2D eigenvalue weighted by Crippen LogP contribution is 2.35. The average Bonchev–Trinajstić information content (AvgIpc) is 3.05. The van der Waals surface area contributed by atoms with Gasteiger partial charge in [-0.1, -0.05) is 49.6 Å². The molecule has 0 radical (unpaired) electrons. The number of hydrogen-bond donors (Lipinski definition) is 0. The number of nitrogens with zero attached hydrogens (tertiary/aromatic N) is 4. The van der Waals surface area contributed by atoms with E-state index in [0.717, 1.165) is 17.2 Å². The van der Waals surface area contributed by atoms with Crippen molar-refractivity contribution in [2.75, 3.05) is 0 Å². The highest BCUT2D eigenvalue weighted by molar-refractivity contribution is 5.81. The zero-order valence-corrected chi connectivity index (χ0v) is 14.2. The summed E-state index contributed by atoms with van der Waals surface area (Å²) >= 11 is 0. The Bertz CT molecular complexity index is 718. The van der Waals surface area contributed by atoms with Crippen molar-refractivity contribution in [1.29, 1.82) is 0 Å². The molecule has 1 fully saturated rings. The van der Waals surface area contributed by atoms with Crippen LogP contribution in [0.2, 0.25) is 0 Å². The average molecular weight is 324 g/mol. The molecule has 0 bridgehead atoms. The maximum Gasteiger partial charge on any atom is 0.246 e. The molecule has 1 atom stereocenters. The molecule has 1 saturated carbocycles. The molecule has 2 heterocycles. The molecule has 2 aliphatic rings. The lowest BCUT2D eigenvalue weighted by atomic mass is 9.88. The van der Waals surface area contributed by atoms with Gasteiger partial charge in [-0.15, -0.1) is 10.2 Å². The molecule has 5 nitrogen and oxygen atoms in total. The van der Waals surface area contributed by atoms with Crippen molar-refractivity contribution >= 4 is 5.91 Å². The molecule has 1 aromatic heterocycles. The minimum Gasteiger partial charge on any atom is -0.329 e. The Morgan fingerprint density at radius 3 is 2.58 bits per heavy atom. The van der Waals surface area contributed by atoms with E-state index in [9.17, 15) is 4.79 Å². The summed E-state index contributed by atoms with van der Waals surface area (Å²) in [6, 6.07) is 9.94. The van der Waals surface area contributed by atoms with Crippen LogP contribution in [0.25, 0.3) is 0 Å². The minimum absolute atomic E-state index is 0.170. The molecule has 126 valence electrons. The van der Waals surface area contributed by atoms with Gasteiger partial charge in [-0.25, -0.2) is 0 Å². The van der Waals surface area contributed by atoms with Crippen LogP contribution in [0.5, 0.6) is 0 Å². The second-order valence-corrected chi connectivity index (χ2v) is 7.04. The molecule has 1 aromatic carbocycles. The van der Waals surface area contributed by atoms with Crippen molar-refractivity contribution in [1.82, 2.24) is 19.7 Å². The molecule has 0 saturated heterocycles. The Hall–Kier alpha value is -2.17. The lowest BCUT2D eigenvalue weighted by Crippen LogP contribution is -2.42. The van der Waals surface area contributed by atoms with Gasteiger partial charge in [0.15, 0.2) is 5.82 Å². The first-order chi connectivity index (χ1) is 11.7. The second kappa shape index (κ2) is 6.38. The van der Waals surface area contributed by atoms with E-state index in [2.05, 4.69) is 26.9 Å². The summed E-state index contributed by atoms with van der Waals surface area (Å²) in [5.41, 5.74) is 1.15. The van der Waals surface area contributed by atoms with Crippen LogP contribution >= 0.6 is 0 Å². The third-order valence-electron chi connectivity index (χ3n) is 5.37. The van der Waals surface area contributed by atoms with E-state index >= 15 is 0 Å². The normalized spacial score (nSPS) is 21.8. The molecule has 5 heteroatoms. The third-order valence-corrected chi connectivity index (χ3v) is 5.37. The van der Waals surface area contributed by atoms with Crippen molar-refractivity contribution < 1.29 is 4.79 Å². The summed E-state index contributed by atoms with van der Waals surface area (Å²) in [7, 11) is 0. The monoisotopic (exact) mass is 324 g/mol. The summed E-state index contributed by atoms with van der Waals surface area (Å²) in [5.74, 6) is 2.60. The molecule has 1 aliphatic heterocycles. The number of rotatable bonds is 3. The fraction of sp³-hybridized carbons (Fsp3) is 0.526. The van der Waals surface area contributed by atoms with E-state index in [1.54, 1.807) is 0 Å². The lowest BCUT2D eigenvalue weighted by Gasteiger charge is -2.33. The van der Waals surface area contributed by atoms with Crippen LogP contribution in [0, 0.1) is 0 Å². The van der Waals surface area contributed by atoms with Gasteiger partial charge < -0.3 is 9.47 Å². The fourth-order valence-electron chi connectivity index (χ4n) is 4.07. The SMILES string of the molecule is C[C@@H]1C(=O)N(Cc2ccccc2)Cc2nnc(C3CCCCC3)n21. The quantitative estimate of drug-likeness (QED) is 0.869. The van der Waals surface area contributed by atoms with Crippen molar-refractivity contribution in [3.8, 4) is 0 Å². The van der Waals surface area contributed by atoms with Gasteiger partial charge >= 0.3 is 0 Å². The number of fused-ring (bicyclic) bond motifs is 1. The molecule has 2 aromatic rings. The van der Waals surface area contributed by atoms with E-state index in [-0.39, 0.29) is 11.9 Å². The number of carbonyl (C=O) groups excluding carboxylic acids is 1. The Kier molecular flexibility index (Phi) is 4.08. The molecule has 0 N–H and O–H groups in total. The molecular weight excluding hydrogens is 300 g/mol. The van der Waals surface area contributed by atoms with Crippen LogP contribution in [0.4, 0.5) is 0 Å². The van der Waals surface area contributed by atoms with E-state index in [0.29, 0.717) is 19.0 Å². The topological polar surface area (TPSA) is 51.0 Å². The summed E-state index contributed by atoms with van der Waals surface area (Å²) < 4.78 is 2.11. The Morgan fingerprint density at radius 1 is 1.08 bits per heavy atom. The Balaban J connectivity index is 1.59. The van der Waals surface area contributed by atoms with Gasteiger partial charge in [0, 0.05) is 12.5 Å². The number of carbonyl (C=O) groups is 1. The number of amides is 1. The molecule has 0 unspecified atom stereocenters. The third kappa shape index (κ3) is 2.72. The zero-order chi connectivity index (χ0) is 16.5. The molecular formula is C19H24N4O. The van der Waals surface area contributed by atoms with Crippen LogP contribution < -0.4 is 0 Å². The zero-order valence-electron chi connectivity index (χ0n) is 14.2. The molecule has 24 heavy (non-hydrogen) atoms. The first-order valence-corrected chi connectivity index (χ1v) is 9.00. The van der Waals surface area contributed by atoms with Crippen molar-refractivity contribution in [2.45, 2.75) is 64.1 Å². The van der Waals surface area contributed by atoms with Gasteiger partial charge in [0.1, 0.15) is 11.9 Å². The first-order valence-electron chi connectivity index (χ1n) is 9.00. The van der Waals surface area contributed by atoms with Crippen LogP contribution in [-0.4, -0.2) is 25.6 Å². The predicted octanol–water partition coefficient (Wildman–Crippen LogP) is 3.43. The van der Waals surface area contributed by atoms with Gasteiger partial charge in [-0.2, -0.15) is 0 Å². The molecule has 0 spiro atoms. The summed E-state index contributed by atoms with van der Waals surface area (Å²) in [6.07, 6.45) is 6.18. The number of hydrogen-bond acceptors (Lipinski definition) is 3. The number of benzene rings is 1. The maximum absolute atomic E-state index is 12.9. The predicted molar refractivity (Wildman–Crippen MR) is 91.3 cm³/mol.